The van der Waals surface area contributed by atoms with E-state index in [1.54, 1.807) is 11.3 Å². The molecule has 0 fully saturated rings. The Morgan fingerprint density at radius 1 is 1.42 bits per heavy atom. The van der Waals surface area contributed by atoms with Crippen LogP contribution >= 0.6 is 11.3 Å². The maximum absolute atomic E-state index is 12.3. The van der Waals surface area contributed by atoms with Crippen LogP contribution in [0.4, 0.5) is 0 Å². The highest BCUT2D eigenvalue weighted by atomic mass is 32.1. The molecule has 4 nitrogen and oxygen atoms in total. The number of hydrogen-bond acceptors (Lipinski definition) is 4. The van der Waals surface area contributed by atoms with E-state index in [1.165, 1.54) is 4.88 Å². The molecule has 0 spiro atoms. The van der Waals surface area contributed by atoms with Crippen LogP contribution in [0.3, 0.4) is 0 Å². The standard InChI is InChI=1S/C14H17N3OS/c1-10-7-12(11(2)19-10)13(18)8-16-5-6-17-4-3-15-14(17)9-16/h3-4,7H,5-6,8-9H2,1-2H3. The first-order chi connectivity index (χ1) is 9.13. The van der Waals surface area contributed by atoms with Gasteiger partial charge in [-0.2, -0.15) is 0 Å². The topological polar surface area (TPSA) is 38.1 Å². The second-order valence-electron chi connectivity index (χ2n) is 5.00. The summed E-state index contributed by atoms with van der Waals surface area (Å²) in [6.07, 6.45) is 3.83. The zero-order chi connectivity index (χ0) is 13.4. The lowest BCUT2D eigenvalue weighted by Crippen LogP contribution is -2.37. The lowest BCUT2D eigenvalue weighted by Gasteiger charge is -2.26. The van der Waals surface area contributed by atoms with E-state index >= 15 is 0 Å². The lowest BCUT2D eigenvalue weighted by atomic mass is 10.1. The molecule has 1 aliphatic rings. The van der Waals surface area contributed by atoms with Crippen molar-refractivity contribution in [2.75, 3.05) is 13.1 Å². The molecule has 0 saturated carbocycles. The summed E-state index contributed by atoms with van der Waals surface area (Å²) in [7, 11) is 0. The van der Waals surface area contributed by atoms with Crippen LogP contribution in [0.2, 0.25) is 0 Å². The monoisotopic (exact) mass is 275 g/mol. The van der Waals surface area contributed by atoms with E-state index in [2.05, 4.69) is 14.5 Å². The van der Waals surface area contributed by atoms with Gasteiger partial charge in [0.15, 0.2) is 5.78 Å². The molecule has 0 aromatic carbocycles. The van der Waals surface area contributed by atoms with Crippen molar-refractivity contribution in [3.8, 4) is 0 Å². The number of carbonyl (C=O) groups is 1. The third-order valence-electron chi connectivity index (χ3n) is 3.53. The third-order valence-corrected chi connectivity index (χ3v) is 4.50. The van der Waals surface area contributed by atoms with Gasteiger partial charge in [-0.1, -0.05) is 0 Å². The van der Waals surface area contributed by atoms with Crippen molar-refractivity contribution in [3.05, 3.63) is 39.6 Å². The summed E-state index contributed by atoms with van der Waals surface area (Å²) in [6.45, 7) is 7.16. The van der Waals surface area contributed by atoms with Gasteiger partial charge in [-0.15, -0.1) is 11.3 Å². The minimum absolute atomic E-state index is 0.224. The molecule has 0 saturated heterocycles. The van der Waals surface area contributed by atoms with Gasteiger partial charge >= 0.3 is 0 Å². The first-order valence-corrected chi connectivity index (χ1v) is 7.28. The number of Topliss-reactive ketones (excluding diaryl/α,β-unsaturated/α-hetero) is 1. The Kier molecular flexibility index (Phi) is 3.24. The summed E-state index contributed by atoms with van der Waals surface area (Å²) in [6, 6.07) is 2.01. The molecule has 0 aliphatic carbocycles. The van der Waals surface area contributed by atoms with Gasteiger partial charge in [0, 0.05) is 40.8 Å². The number of thiophene rings is 1. The Labute approximate surface area is 116 Å². The predicted octanol–water partition coefficient (Wildman–Crippen LogP) is 2.26. The number of carbonyl (C=O) groups excluding carboxylic acids is 1. The van der Waals surface area contributed by atoms with Gasteiger partial charge in [0.05, 0.1) is 13.1 Å². The Bertz CT molecular complexity index is 614. The van der Waals surface area contributed by atoms with Crippen LogP contribution in [0.15, 0.2) is 18.5 Å². The Hall–Kier alpha value is -1.46. The SMILES string of the molecule is Cc1cc(C(=O)CN2CCn3ccnc3C2)c(C)s1. The van der Waals surface area contributed by atoms with Crippen molar-refractivity contribution in [1.29, 1.82) is 0 Å². The first-order valence-electron chi connectivity index (χ1n) is 6.46. The zero-order valence-electron chi connectivity index (χ0n) is 11.2. The molecule has 5 heteroatoms. The molecule has 0 bridgehead atoms. The maximum Gasteiger partial charge on any atom is 0.177 e. The highest BCUT2D eigenvalue weighted by Crippen LogP contribution is 2.21. The quantitative estimate of drug-likeness (QED) is 0.806. The van der Waals surface area contributed by atoms with Gasteiger partial charge in [0.2, 0.25) is 0 Å². The molecule has 2 aromatic heterocycles. The normalized spacial score (nSPS) is 15.5. The van der Waals surface area contributed by atoms with Crippen LogP contribution in [-0.2, 0) is 13.1 Å². The van der Waals surface area contributed by atoms with E-state index in [4.69, 9.17) is 0 Å². The van der Waals surface area contributed by atoms with Crippen LogP contribution < -0.4 is 0 Å². The fraction of sp³-hybridized carbons (Fsp3) is 0.429. The molecule has 0 N–H and O–H groups in total. The number of aromatic nitrogens is 2. The average Bonchev–Trinajstić information content (AvgIpc) is 2.94. The highest BCUT2D eigenvalue weighted by Gasteiger charge is 2.20. The van der Waals surface area contributed by atoms with Crippen molar-refractivity contribution < 1.29 is 4.79 Å². The largest absolute Gasteiger partial charge is 0.333 e. The Balaban J connectivity index is 1.70. The van der Waals surface area contributed by atoms with Gasteiger partial charge in [0.25, 0.3) is 0 Å². The number of fused-ring (bicyclic) bond motifs is 1. The molecule has 0 atom stereocenters. The lowest BCUT2D eigenvalue weighted by molar-refractivity contribution is 0.0908. The van der Waals surface area contributed by atoms with Crippen molar-refractivity contribution in [3.63, 3.8) is 0 Å². The van der Waals surface area contributed by atoms with Crippen molar-refractivity contribution in [1.82, 2.24) is 14.5 Å². The Morgan fingerprint density at radius 3 is 3.00 bits per heavy atom. The Morgan fingerprint density at radius 2 is 2.26 bits per heavy atom. The summed E-state index contributed by atoms with van der Waals surface area (Å²) in [4.78, 5) is 21.2. The molecule has 3 rings (SSSR count). The summed E-state index contributed by atoms with van der Waals surface area (Å²) in [5.41, 5.74) is 0.886. The van der Waals surface area contributed by atoms with E-state index in [0.29, 0.717) is 6.54 Å². The second-order valence-corrected chi connectivity index (χ2v) is 6.46. The smallest absolute Gasteiger partial charge is 0.177 e. The first kappa shape index (κ1) is 12.6. The fourth-order valence-corrected chi connectivity index (χ4v) is 3.50. The van der Waals surface area contributed by atoms with Crippen LogP contribution in [0.25, 0.3) is 0 Å². The van der Waals surface area contributed by atoms with E-state index in [-0.39, 0.29) is 5.78 Å². The average molecular weight is 275 g/mol. The van der Waals surface area contributed by atoms with Gasteiger partial charge in [-0.3, -0.25) is 9.69 Å². The number of imidazole rings is 1. The van der Waals surface area contributed by atoms with Crippen LogP contribution in [0, 0.1) is 13.8 Å². The minimum atomic E-state index is 0.224. The second kappa shape index (κ2) is 4.90. The fourth-order valence-electron chi connectivity index (χ4n) is 2.55. The molecule has 1 aliphatic heterocycles. The minimum Gasteiger partial charge on any atom is -0.333 e. The van der Waals surface area contributed by atoms with Gasteiger partial charge in [0.1, 0.15) is 5.82 Å². The van der Waals surface area contributed by atoms with Crippen molar-refractivity contribution >= 4 is 17.1 Å². The van der Waals surface area contributed by atoms with E-state index in [9.17, 15) is 4.79 Å². The molecule has 2 aromatic rings. The van der Waals surface area contributed by atoms with Crippen LogP contribution in [0.5, 0.6) is 0 Å². The molecular formula is C14H17N3OS. The van der Waals surface area contributed by atoms with Gasteiger partial charge in [-0.05, 0) is 19.9 Å². The molecule has 0 radical (unpaired) electrons. The highest BCUT2D eigenvalue weighted by molar-refractivity contribution is 7.12. The summed E-state index contributed by atoms with van der Waals surface area (Å²) in [5.74, 6) is 1.28. The van der Waals surface area contributed by atoms with Crippen molar-refractivity contribution in [2.45, 2.75) is 26.9 Å². The molecule has 19 heavy (non-hydrogen) atoms. The van der Waals surface area contributed by atoms with Gasteiger partial charge < -0.3 is 4.57 Å². The third kappa shape index (κ3) is 2.48. The van der Waals surface area contributed by atoms with Crippen LogP contribution in [-0.4, -0.2) is 33.3 Å². The molecule has 3 heterocycles. The zero-order valence-corrected chi connectivity index (χ0v) is 12.0. The summed E-state index contributed by atoms with van der Waals surface area (Å²) >= 11 is 1.69. The number of nitrogens with zero attached hydrogens (tertiary/aromatic N) is 3. The van der Waals surface area contributed by atoms with E-state index in [1.807, 2.05) is 32.3 Å². The van der Waals surface area contributed by atoms with Crippen LogP contribution in [0.1, 0.15) is 25.9 Å². The number of aryl methyl sites for hydroxylation is 2. The summed E-state index contributed by atoms with van der Waals surface area (Å²) in [5, 5.41) is 0. The van der Waals surface area contributed by atoms with Crippen molar-refractivity contribution in [2.24, 2.45) is 0 Å². The maximum atomic E-state index is 12.3. The molecule has 0 unspecified atom stereocenters. The van der Waals surface area contributed by atoms with Gasteiger partial charge in [-0.25, -0.2) is 4.98 Å². The number of rotatable bonds is 3. The van der Waals surface area contributed by atoms with E-state index in [0.717, 1.165) is 35.9 Å². The molecular weight excluding hydrogens is 258 g/mol. The molecule has 100 valence electrons. The number of ketones is 1. The summed E-state index contributed by atoms with van der Waals surface area (Å²) < 4.78 is 2.15. The van der Waals surface area contributed by atoms with E-state index < -0.39 is 0 Å². The predicted molar refractivity (Wildman–Crippen MR) is 75.6 cm³/mol. The number of hydrogen-bond donors (Lipinski definition) is 0. The molecule has 0 amide bonds.